The predicted octanol–water partition coefficient (Wildman–Crippen LogP) is 0.974. The van der Waals surface area contributed by atoms with E-state index in [4.69, 9.17) is 9.84 Å². The van der Waals surface area contributed by atoms with Gasteiger partial charge in [0.15, 0.2) is 11.5 Å². The molecule has 0 radical (unpaired) electrons. The minimum absolute atomic E-state index is 0.00977. The van der Waals surface area contributed by atoms with Crippen LogP contribution in [0, 0.1) is 0 Å². The molecule has 0 saturated carbocycles. The summed E-state index contributed by atoms with van der Waals surface area (Å²) in [7, 11) is 1.43. The maximum absolute atomic E-state index is 11.0. The largest absolute Gasteiger partial charge is 0.480 e. The molecule has 6 nitrogen and oxygen atoms in total. The summed E-state index contributed by atoms with van der Waals surface area (Å²) < 4.78 is 6.11. The van der Waals surface area contributed by atoms with E-state index in [0.29, 0.717) is 5.82 Å². The summed E-state index contributed by atoms with van der Waals surface area (Å²) in [6.45, 7) is 0. The molecule has 2 aromatic rings. The quantitative estimate of drug-likeness (QED) is 0.832. The molecule has 0 aliphatic rings. The van der Waals surface area contributed by atoms with Gasteiger partial charge >= 0.3 is 5.97 Å². The summed E-state index contributed by atoms with van der Waals surface area (Å²) in [5.74, 6) is -0.410. The van der Waals surface area contributed by atoms with Crippen LogP contribution in [0.1, 0.15) is 10.5 Å². The van der Waals surface area contributed by atoms with Crippen molar-refractivity contribution in [2.75, 3.05) is 7.11 Å². The Hall–Kier alpha value is -2.37. The number of hydrogen-bond acceptors (Lipinski definition) is 4. The van der Waals surface area contributed by atoms with Gasteiger partial charge in [0, 0.05) is 12.3 Å². The molecule has 0 amide bonds. The Balaban J connectivity index is 2.55. The molecule has 0 aliphatic carbocycles. The van der Waals surface area contributed by atoms with E-state index in [2.05, 4.69) is 10.1 Å². The van der Waals surface area contributed by atoms with Gasteiger partial charge < -0.3 is 9.84 Å². The van der Waals surface area contributed by atoms with Crippen molar-refractivity contribution in [1.82, 2.24) is 14.8 Å². The predicted molar refractivity (Wildman–Crippen MR) is 54.9 cm³/mol. The van der Waals surface area contributed by atoms with Crippen LogP contribution in [0.25, 0.3) is 5.82 Å². The Morgan fingerprint density at radius 1 is 1.50 bits per heavy atom. The maximum atomic E-state index is 11.0. The molecule has 0 atom stereocenters. The smallest absolute Gasteiger partial charge is 0.354 e. The van der Waals surface area contributed by atoms with Crippen LogP contribution in [0.2, 0.25) is 0 Å². The highest BCUT2D eigenvalue weighted by molar-refractivity contribution is 5.86. The van der Waals surface area contributed by atoms with Crippen molar-refractivity contribution in [3.8, 4) is 11.7 Å². The van der Waals surface area contributed by atoms with Gasteiger partial charge in [-0.05, 0) is 12.1 Å². The van der Waals surface area contributed by atoms with Gasteiger partial charge in [0.1, 0.15) is 0 Å². The van der Waals surface area contributed by atoms with E-state index >= 15 is 0 Å². The van der Waals surface area contributed by atoms with E-state index < -0.39 is 5.97 Å². The second-order valence-corrected chi connectivity index (χ2v) is 2.98. The molecule has 2 heterocycles. The number of carboxylic acid groups (broad SMARTS) is 1. The van der Waals surface area contributed by atoms with Crippen LogP contribution < -0.4 is 4.74 Å². The number of aromatic nitrogens is 3. The summed E-state index contributed by atoms with van der Waals surface area (Å²) in [5, 5.41) is 13.0. The first-order valence-electron chi connectivity index (χ1n) is 4.51. The lowest BCUT2D eigenvalue weighted by molar-refractivity contribution is 0.0686. The van der Waals surface area contributed by atoms with Crippen LogP contribution in [0.15, 0.2) is 30.5 Å². The molecule has 0 saturated heterocycles. The highest BCUT2D eigenvalue weighted by Gasteiger charge is 2.16. The van der Waals surface area contributed by atoms with Crippen LogP contribution in [0.5, 0.6) is 5.88 Å². The second-order valence-electron chi connectivity index (χ2n) is 2.98. The van der Waals surface area contributed by atoms with E-state index in [1.54, 1.807) is 24.4 Å². The standard InChI is InChI=1S/C10H9N3O3/c1-16-9-6-7(10(14)15)13(12-9)8-4-2-3-5-11-8/h2-6H,1H3,(H,14,15). The zero-order chi connectivity index (χ0) is 11.5. The van der Waals surface area contributed by atoms with Crippen molar-refractivity contribution in [3.63, 3.8) is 0 Å². The van der Waals surface area contributed by atoms with Crippen molar-refractivity contribution < 1.29 is 14.6 Å². The lowest BCUT2D eigenvalue weighted by atomic mass is 10.4. The molecule has 2 rings (SSSR count). The minimum atomic E-state index is -1.08. The van der Waals surface area contributed by atoms with Crippen molar-refractivity contribution in [2.45, 2.75) is 0 Å². The lowest BCUT2D eigenvalue weighted by Gasteiger charge is -2.01. The van der Waals surface area contributed by atoms with Gasteiger partial charge in [0.05, 0.1) is 7.11 Å². The number of methoxy groups -OCH3 is 1. The summed E-state index contributed by atoms with van der Waals surface area (Å²) in [6, 6.07) is 6.50. The number of ether oxygens (including phenoxy) is 1. The Morgan fingerprint density at radius 3 is 2.88 bits per heavy atom. The molecule has 2 aromatic heterocycles. The van der Waals surface area contributed by atoms with Gasteiger partial charge in [-0.2, -0.15) is 0 Å². The van der Waals surface area contributed by atoms with Crippen LogP contribution in [0.3, 0.4) is 0 Å². The molecule has 0 fully saturated rings. The fraction of sp³-hybridized carbons (Fsp3) is 0.100. The fourth-order valence-corrected chi connectivity index (χ4v) is 1.27. The van der Waals surface area contributed by atoms with Crippen LogP contribution >= 0.6 is 0 Å². The Bertz CT molecular complexity index is 507. The van der Waals surface area contributed by atoms with Gasteiger partial charge in [-0.25, -0.2) is 14.5 Å². The van der Waals surface area contributed by atoms with Crippen molar-refractivity contribution >= 4 is 5.97 Å². The topological polar surface area (TPSA) is 77.2 Å². The molecule has 0 aromatic carbocycles. The molecule has 0 aliphatic heterocycles. The molecular weight excluding hydrogens is 210 g/mol. The molecular formula is C10H9N3O3. The van der Waals surface area contributed by atoms with Crippen LogP contribution in [-0.2, 0) is 0 Å². The first-order chi connectivity index (χ1) is 7.72. The molecule has 6 heteroatoms. The van der Waals surface area contributed by atoms with E-state index in [9.17, 15) is 4.79 Å². The minimum Gasteiger partial charge on any atom is -0.480 e. The van der Waals surface area contributed by atoms with E-state index in [0.717, 1.165) is 0 Å². The molecule has 0 bridgehead atoms. The number of nitrogens with zero attached hydrogens (tertiary/aromatic N) is 3. The highest BCUT2D eigenvalue weighted by Crippen LogP contribution is 2.15. The lowest BCUT2D eigenvalue weighted by Crippen LogP contribution is -2.08. The fourth-order valence-electron chi connectivity index (χ4n) is 1.27. The average Bonchev–Trinajstić information content (AvgIpc) is 2.74. The average molecular weight is 219 g/mol. The van der Waals surface area contributed by atoms with Gasteiger partial charge in [-0.3, -0.25) is 0 Å². The van der Waals surface area contributed by atoms with Crippen LogP contribution in [0.4, 0.5) is 0 Å². The molecule has 0 unspecified atom stereocenters. The first-order valence-corrected chi connectivity index (χ1v) is 4.51. The van der Waals surface area contributed by atoms with Crippen molar-refractivity contribution in [3.05, 3.63) is 36.2 Å². The number of carboxylic acids is 1. The molecule has 1 N–H and O–H groups in total. The summed E-state index contributed by atoms with van der Waals surface area (Å²) in [6.07, 6.45) is 1.56. The summed E-state index contributed by atoms with van der Waals surface area (Å²) in [5.41, 5.74) is 0.00977. The number of rotatable bonds is 3. The third-order valence-electron chi connectivity index (χ3n) is 1.98. The Morgan fingerprint density at radius 2 is 2.31 bits per heavy atom. The number of hydrogen-bond donors (Lipinski definition) is 1. The van der Waals surface area contributed by atoms with E-state index in [1.165, 1.54) is 17.9 Å². The zero-order valence-electron chi connectivity index (χ0n) is 8.49. The summed E-state index contributed by atoms with van der Waals surface area (Å²) in [4.78, 5) is 15.0. The van der Waals surface area contributed by atoms with Crippen LogP contribution in [-0.4, -0.2) is 33.0 Å². The summed E-state index contributed by atoms with van der Waals surface area (Å²) >= 11 is 0. The van der Waals surface area contributed by atoms with Gasteiger partial charge in [-0.1, -0.05) is 6.07 Å². The van der Waals surface area contributed by atoms with Crippen molar-refractivity contribution in [2.24, 2.45) is 0 Å². The number of aromatic carboxylic acids is 1. The first kappa shape index (κ1) is 10.2. The third-order valence-corrected chi connectivity index (χ3v) is 1.98. The third kappa shape index (κ3) is 1.72. The van der Waals surface area contributed by atoms with E-state index in [1.807, 2.05) is 0 Å². The molecule has 0 spiro atoms. The number of carbonyl (C=O) groups is 1. The van der Waals surface area contributed by atoms with E-state index in [-0.39, 0.29) is 11.6 Å². The Labute approximate surface area is 91.1 Å². The molecule has 16 heavy (non-hydrogen) atoms. The number of pyridine rings is 1. The van der Waals surface area contributed by atoms with Gasteiger partial charge in [-0.15, -0.1) is 5.10 Å². The Kier molecular flexibility index (Phi) is 2.55. The maximum Gasteiger partial charge on any atom is 0.354 e. The van der Waals surface area contributed by atoms with Gasteiger partial charge in [0.2, 0.25) is 5.88 Å². The van der Waals surface area contributed by atoms with Gasteiger partial charge in [0.25, 0.3) is 0 Å². The normalized spacial score (nSPS) is 10.1. The monoisotopic (exact) mass is 219 g/mol. The SMILES string of the molecule is COc1cc(C(=O)O)n(-c2ccccn2)n1. The molecule has 82 valence electrons. The zero-order valence-corrected chi connectivity index (χ0v) is 8.49. The second kappa shape index (κ2) is 4.01. The highest BCUT2D eigenvalue weighted by atomic mass is 16.5. The van der Waals surface area contributed by atoms with Crippen molar-refractivity contribution in [1.29, 1.82) is 0 Å².